The quantitative estimate of drug-likeness (QED) is 0.541. The Kier molecular flexibility index (Phi) is 4.29. The van der Waals surface area contributed by atoms with Crippen LogP contribution >= 0.6 is 0 Å². The summed E-state index contributed by atoms with van der Waals surface area (Å²) in [7, 11) is 1.55. The van der Waals surface area contributed by atoms with Gasteiger partial charge >= 0.3 is 11.8 Å². The average molecular weight is 363 g/mol. The van der Waals surface area contributed by atoms with Gasteiger partial charge in [-0.05, 0) is 29.0 Å². The first-order valence-corrected chi connectivity index (χ1v) is 8.35. The number of benzene rings is 2. The summed E-state index contributed by atoms with van der Waals surface area (Å²) >= 11 is 0. The Bertz CT molecular complexity index is 1130. The Morgan fingerprint density at radius 2 is 1.89 bits per heavy atom. The van der Waals surface area contributed by atoms with Crippen molar-refractivity contribution < 1.29 is 9.15 Å². The second-order valence-corrected chi connectivity index (χ2v) is 6.02. The van der Waals surface area contributed by atoms with Gasteiger partial charge in [-0.25, -0.2) is 4.79 Å². The first kappa shape index (κ1) is 16.8. The number of oxazole rings is 1. The maximum Gasteiger partial charge on any atom is 0.394 e. The molecule has 0 radical (unpaired) electrons. The third-order valence-electron chi connectivity index (χ3n) is 4.23. The first-order valence-electron chi connectivity index (χ1n) is 8.35. The fourth-order valence-corrected chi connectivity index (χ4v) is 2.74. The number of nitrogens with zero attached hydrogens (tertiary/aromatic N) is 5. The van der Waals surface area contributed by atoms with E-state index >= 15 is 0 Å². The van der Waals surface area contributed by atoms with Gasteiger partial charge in [-0.3, -0.25) is 0 Å². The number of hydrogen-bond acceptors (Lipinski definition) is 6. The van der Waals surface area contributed by atoms with Gasteiger partial charge in [0, 0.05) is 18.2 Å². The maximum absolute atomic E-state index is 12.2. The van der Waals surface area contributed by atoms with Gasteiger partial charge in [0.1, 0.15) is 18.6 Å². The van der Waals surface area contributed by atoms with Gasteiger partial charge in [-0.15, -0.1) is 0 Å². The SMILES string of the molecule is Cc1cccc(-n2nnn(C)c2=O)c1COc1nc(-c2ccccc2)co1. The fraction of sp³-hybridized carbons (Fsp3) is 0.158. The predicted octanol–water partition coefficient (Wildman–Crippen LogP) is 2.51. The van der Waals surface area contributed by atoms with Crippen LogP contribution in [-0.2, 0) is 13.7 Å². The summed E-state index contributed by atoms with van der Waals surface area (Å²) in [6.45, 7) is 2.12. The molecule has 8 heteroatoms. The Morgan fingerprint density at radius 3 is 2.63 bits per heavy atom. The van der Waals surface area contributed by atoms with Gasteiger partial charge in [-0.1, -0.05) is 42.5 Å². The van der Waals surface area contributed by atoms with Crippen molar-refractivity contribution in [3.8, 4) is 23.0 Å². The van der Waals surface area contributed by atoms with Crippen molar-refractivity contribution in [3.05, 3.63) is 76.4 Å². The highest BCUT2D eigenvalue weighted by Gasteiger charge is 2.15. The number of aryl methyl sites for hydroxylation is 2. The summed E-state index contributed by atoms with van der Waals surface area (Å²) in [4.78, 5) is 16.6. The lowest BCUT2D eigenvalue weighted by atomic mass is 10.1. The molecule has 0 aliphatic heterocycles. The molecule has 0 bridgehead atoms. The topological polar surface area (TPSA) is 88.0 Å². The normalized spacial score (nSPS) is 10.9. The van der Waals surface area contributed by atoms with E-state index in [1.807, 2.05) is 49.4 Å². The van der Waals surface area contributed by atoms with Crippen LogP contribution in [0.2, 0.25) is 0 Å². The van der Waals surface area contributed by atoms with Gasteiger partial charge in [0.05, 0.1) is 5.69 Å². The molecule has 2 aromatic heterocycles. The van der Waals surface area contributed by atoms with Gasteiger partial charge in [0.25, 0.3) is 0 Å². The highest BCUT2D eigenvalue weighted by Crippen LogP contribution is 2.23. The van der Waals surface area contributed by atoms with E-state index in [9.17, 15) is 4.79 Å². The Hall–Kier alpha value is -3.68. The van der Waals surface area contributed by atoms with Gasteiger partial charge < -0.3 is 9.15 Å². The van der Waals surface area contributed by atoms with Crippen LogP contribution in [0.15, 0.2) is 64.0 Å². The molecule has 2 heterocycles. The predicted molar refractivity (Wildman–Crippen MR) is 97.6 cm³/mol. The molecule has 0 aliphatic rings. The second kappa shape index (κ2) is 6.91. The smallest absolute Gasteiger partial charge is 0.394 e. The number of tetrazole rings is 1. The van der Waals surface area contributed by atoms with E-state index in [1.165, 1.54) is 9.36 Å². The van der Waals surface area contributed by atoms with Crippen LogP contribution in [0, 0.1) is 6.92 Å². The minimum Gasteiger partial charge on any atom is -0.445 e. The lowest BCUT2D eigenvalue weighted by Gasteiger charge is -2.11. The molecule has 2 aromatic carbocycles. The van der Waals surface area contributed by atoms with Crippen LogP contribution in [0.4, 0.5) is 0 Å². The molecule has 0 N–H and O–H groups in total. The van der Waals surface area contributed by atoms with Crippen LogP contribution in [0.1, 0.15) is 11.1 Å². The second-order valence-electron chi connectivity index (χ2n) is 6.02. The zero-order valence-electron chi connectivity index (χ0n) is 14.9. The molecule has 136 valence electrons. The third kappa shape index (κ3) is 3.24. The molecule has 0 amide bonds. The minimum atomic E-state index is -0.329. The van der Waals surface area contributed by atoms with Gasteiger partial charge in [-0.2, -0.15) is 14.3 Å². The van der Waals surface area contributed by atoms with E-state index < -0.39 is 0 Å². The molecule has 0 fully saturated rings. The molecular weight excluding hydrogens is 346 g/mol. The molecule has 4 rings (SSSR count). The Labute approximate surface area is 154 Å². The van der Waals surface area contributed by atoms with Crippen LogP contribution in [0.5, 0.6) is 6.08 Å². The van der Waals surface area contributed by atoms with Crippen LogP contribution in [-0.4, -0.2) is 24.8 Å². The summed E-state index contributed by atoms with van der Waals surface area (Å²) in [5.74, 6) is 0. The van der Waals surface area contributed by atoms with Crippen LogP contribution in [0.3, 0.4) is 0 Å². The van der Waals surface area contributed by atoms with Crippen molar-refractivity contribution in [2.45, 2.75) is 13.5 Å². The number of rotatable bonds is 5. The highest BCUT2D eigenvalue weighted by molar-refractivity contribution is 5.57. The average Bonchev–Trinajstić information content (AvgIpc) is 3.29. The summed E-state index contributed by atoms with van der Waals surface area (Å²) < 4.78 is 13.6. The van der Waals surface area contributed by atoms with Crippen molar-refractivity contribution in [3.63, 3.8) is 0 Å². The molecule has 0 unspecified atom stereocenters. The lowest BCUT2D eigenvalue weighted by molar-refractivity contribution is 0.219. The zero-order valence-corrected chi connectivity index (χ0v) is 14.9. The molecular formula is C19H17N5O3. The molecule has 0 atom stereocenters. The summed E-state index contributed by atoms with van der Waals surface area (Å²) in [5, 5.41) is 7.67. The van der Waals surface area contributed by atoms with E-state index in [1.54, 1.807) is 19.4 Å². The molecule has 27 heavy (non-hydrogen) atoms. The first-order chi connectivity index (χ1) is 13.1. The molecule has 0 saturated heterocycles. The van der Waals surface area contributed by atoms with Crippen molar-refractivity contribution in [1.82, 2.24) is 24.8 Å². The van der Waals surface area contributed by atoms with Crippen LogP contribution < -0.4 is 10.4 Å². The van der Waals surface area contributed by atoms with Crippen molar-refractivity contribution in [2.75, 3.05) is 0 Å². The number of aromatic nitrogens is 5. The molecule has 0 aliphatic carbocycles. The summed E-state index contributed by atoms with van der Waals surface area (Å²) in [5.41, 5.74) is 3.69. The van der Waals surface area contributed by atoms with Crippen molar-refractivity contribution in [2.24, 2.45) is 7.05 Å². The maximum atomic E-state index is 12.2. The highest BCUT2D eigenvalue weighted by atomic mass is 16.6. The third-order valence-corrected chi connectivity index (χ3v) is 4.23. The van der Waals surface area contributed by atoms with Crippen molar-refractivity contribution in [1.29, 1.82) is 0 Å². The standard InChI is InChI=1S/C19H17N5O3/c1-13-7-6-10-17(24-19(25)23(2)21-22-24)15(13)11-26-18-20-16(12-27-18)14-8-4-3-5-9-14/h3-10,12H,11H2,1-2H3. The number of hydrogen-bond donors (Lipinski definition) is 0. The minimum absolute atomic E-state index is 0.162. The van der Waals surface area contributed by atoms with E-state index in [4.69, 9.17) is 9.15 Å². The van der Waals surface area contributed by atoms with Gasteiger partial charge in [0.2, 0.25) is 0 Å². The summed E-state index contributed by atoms with van der Waals surface area (Å²) in [6.07, 6.45) is 1.71. The molecule has 8 nitrogen and oxygen atoms in total. The van der Waals surface area contributed by atoms with Gasteiger partial charge in [0.15, 0.2) is 0 Å². The largest absolute Gasteiger partial charge is 0.445 e. The van der Waals surface area contributed by atoms with E-state index in [0.717, 1.165) is 16.7 Å². The number of ether oxygens (including phenoxy) is 1. The fourth-order valence-electron chi connectivity index (χ4n) is 2.74. The zero-order chi connectivity index (χ0) is 18.8. The molecule has 4 aromatic rings. The molecule has 0 saturated carbocycles. The Balaban J connectivity index is 1.60. The van der Waals surface area contributed by atoms with E-state index in [0.29, 0.717) is 11.4 Å². The molecule has 0 spiro atoms. The van der Waals surface area contributed by atoms with E-state index in [-0.39, 0.29) is 18.4 Å². The van der Waals surface area contributed by atoms with Crippen LogP contribution in [0.25, 0.3) is 16.9 Å². The monoisotopic (exact) mass is 363 g/mol. The lowest BCUT2D eigenvalue weighted by Crippen LogP contribution is -2.23. The van der Waals surface area contributed by atoms with Crippen molar-refractivity contribution >= 4 is 0 Å². The summed E-state index contributed by atoms with van der Waals surface area (Å²) in [6, 6.07) is 15.3. The Morgan fingerprint density at radius 1 is 1.07 bits per heavy atom. The van der Waals surface area contributed by atoms with E-state index in [2.05, 4.69) is 15.4 Å².